The van der Waals surface area contributed by atoms with Crippen molar-refractivity contribution in [1.29, 1.82) is 0 Å². The highest BCUT2D eigenvalue weighted by atomic mass is 32.2. The fourth-order valence-corrected chi connectivity index (χ4v) is 3.94. The summed E-state index contributed by atoms with van der Waals surface area (Å²) in [6, 6.07) is 3.79. The molecule has 0 bridgehead atoms. The molecule has 7 heteroatoms. The molecule has 1 aliphatic heterocycles. The summed E-state index contributed by atoms with van der Waals surface area (Å²) in [6.45, 7) is 9.14. The van der Waals surface area contributed by atoms with Crippen LogP contribution in [0.4, 0.5) is 5.82 Å². The Morgan fingerprint density at radius 3 is 2.65 bits per heavy atom. The third-order valence-corrected chi connectivity index (χ3v) is 5.75. The van der Waals surface area contributed by atoms with Crippen molar-refractivity contribution in [2.45, 2.75) is 39.0 Å². The molecule has 0 aromatic carbocycles. The van der Waals surface area contributed by atoms with Gasteiger partial charge in [0, 0.05) is 25.8 Å². The van der Waals surface area contributed by atoms with E-state index in [1.165, 1.54) is 0 Å². The van der Waals surface area contributed by atoms with E-state index in [0.29, 0.717) is 32.1 Å². The van der Waals surface area contributed by atoms with Crippen LogP contribution in [0.2, 0.25) is 0 Å². The summed E-state index contributed by atoms with van der Waals surface area (Å²) in [7, 11) is -3.30. The molecule has 0 aliphatic carbocycles. The first-order chi connectivity index (χ1) is 10.9. The molecule has 1 saturated heterocycles. The molecule has 0 saturated carbocycles. The summed E-state index contributed by atoms with van der Waals surface area (Å²) in [5.74, 6) is 1.23. The van der Waals surface area contributed by atoms with E-state index in [2.05, 4.69) is 14.6 Å². The average molecular weight is 341 g/mol. The molecule has 1 aromatic heterocycles. The summed E-state index contributed by atoms with van der Waals surface area (Å²) in [6.07, 6.45) is 2.39. The van der Waals surface area contributed by atoms with Gasteiger partial charge in [-0.15, -0.1) is 0 Å². The van der Waals surface area contributed by atoms with Crippen LogP contribution in [0.3, 0.4) is 0 Å². The fourth-order valence-electron chi connectivity index (χ4n) is 2.65. The maximum Gasteiger partial charge on any atom is 0.214 e. The van der Waals surface area contributed by atoms with Gasteiger partial charge in [0.1, 0.15) is 5.82 Å². The number of nitrogens with one attached hydrogen (secondary N) is 1. The zero-order valence-electron chi connectivity index (χ0n) is 14.2. The van der Waals surface area contributed by atoms with Gasteiger partial charge in [0.05, 0.1) is 18.5 Å². The van der Waals surface area contributed by atoms with Gasteiger partial charge >= 0.3 is 0 Å². The summed E-state index contributed by atoms with van der Waals surface area (Å²) in [4.78, 5) is 6.53. The van der Waals surface area contributed by atoms with Gasteiger partial charge < -0.3 is 9.64 Å². The van der Waals surface area contributed by atoms with E-state index in [4.69, 9.17) is 4.74 Å². The Morgan fingerprint density at radius 1 is 1.30 bits per heavy atom. The predicted octanol–water partition coefficient (Wildman–Crippen LogP) is 1.77. The maximum absolute atomic E-state index is 12.3. The molecule has 23 heavy (non-hydrogen) atoms. The molecule has 0 spiro atoms. The monoisotopic (exact) mass is 341 g/mol. The van der Waals surface area contributed by atoms with Crippen molar-refractivity contribution in [2.24, 2.45) is 5.92 Å². The van der Waals surface area contributed by atoms with Crippen LogP contribution < -0.4 is 9.62 Å². The van der Waals surface area contributed by atoms with Gasteiger partial charge in [0.2, 0.25) is 10.0 Å². The smallest absolute Gasteiger partial charge is 0.214 e. The Bertz CT molecular complexity index is 598. The van der Waals surface area contributed by atoms with Crippen LogP contribution in [0.1, 0.15) is 32.8 Å². The van der Waals surface area contributed by atoms with Crippen molar-refractivity contribution in [3.05, 3.63) is 23.9 Å². The van der Waals surface area contributed by atoms with Gasteiger partial charge in [0.25, 0.3) is 0 Å². The number of ether oxygens (including phenoxy) is 1. The number of nitrogens with zero attached hydrogens (tertiary/aromatic N) is 2. The number of anilines is 1. The third kappa shape index (κ3) is 5.44. The second kappa shape index (κ2) is 8.08. The summed E-state index contributed by atoms with van der Waals surface area (Å²) >= 11 is 0. The molecule has 1 fully saturated rings. The second-order valence-electron chi connectivity index (χ2n) is 6.43. The highest BCUT2D eigenvalue weighted by molar-refractivity contribution is 7.90. The lowest BCUT2D eigenvalue weighted by atomic mass is 10.1. The standard InChI is InChI=1S/C16H27N3O3S/c1-13(2)10-14(3)23(20,21)18-12-15-4-5-17-16(11-15)19-6-8-22-9-7-19/h4-5,11,13-14,18H,6-10,12H2,1-3H3/t14-/m1/s1. The lowest BCUT2D eigenvalue weighted by molar-refractivity contribution is 0.122. The Balaban J connectivity index is 1.97. The molecule has 0 amide bonds. The minimum Gasteiger partial charge on any atom is -0.378 e. The maximum atomic E-state index is 12.3. The number of hydrogen-bond acceptors (Lipinski definition) is 5. The van der Waals surface area contributed by atoms with E-state index in [9.17, 15) is 8.42 Å². The molecule has 2 heterocycles. The lowest BCUT2D eigenvalue weighted by Crippen LogP contribution is -2.37. The number of morpholine rings is 1. The van der Waals surface area contributed by atoms with Gasteiger partial charge in [-0.3, -0.25) is 0 Å². The van der Waals surface area contributed by atoms with E-state index in [1.54, 1.807) is 13.1 Å². The summed E-state index contributed by atoms with van der Waals surface area (Å²) in [5, 5.41) is -0.386. The molecular formula is C16H27N3O3S. The first kappa shape index (κ1) is 18.2. The van der Waals surface area contributed by atoms with Crippen LogP contribution in [-0.2, 0) is 21.3 Å². The Kier molecular flexibility index (Phi) is 6.38. The quantitative estimate of drug-likeness (QED) is 0.818. The van der Waals surface area contributed by atoms with Crippen molar-refractivity contribution in [1.82, 2.24) is 9.71 Å². The van der Waals surface area contributed by atoms with Crippen molar-refractivity contribution in [2.75, 3.05) is 31.2 Å². The SMILES string of the molecule is CC(C)C[C@@H](C)S(=O)(=O)NCc1ccnc(N2CCOCC2)c1. The van der Waals surface area contributed by atoms with Crippen LogP contribution in [0.5, 0.6) is 0 Å². The molecular weight excluding hydrogens is 314 g/mol. The van der Waals surface area contributed by atoms with Gasteiger partial charge in [-0.05, 0) is 37.0 Å². The number of sulfonamides is 1. The number of hydrogen-bond donors (Lipinski definition) is 1. The molecule has 1 N–H and O–H groups in total. The molecule has 2 rings (SSSR count). The molecule has 1 aromatic rings. The minimum atomic E-state index is -3.30. The van der Waals surface area contributed by atoms with Crippen LogP contribution in [0.15, 0.2) is 18.3 Å². The predicted molar refractivity (Wildman–Crippen MR) is 91.9 cm³/mol. The number of aromatic nitrogens is 1. The third-order valence-electron chi connectivity index (χ3n) is 3.96. The van der Waals surface area contributed by atoms with Crippen LogP contribution >= 0.6 is 0 Å². The molecule has 0 radical (unpaired) electrons. The lowest BCUT2D eigenvalue weighted by Gasteiger charge is -2.28. The Labute approximate surface area is 139 Å². The fraction of sp³-hybridized carbons (Fsp3) is 0.688. The first-order valence-corrected chi connectivity index (χ1v) is 9.69. The molecule has 1 atom stereocenters. The van der Waals surface area contributed by atoms with Gasteiger partial charge in [-0.1, -0.05) is 13.8 Å². The van der Waals surface area contributed by atoms with Crippen molar-refractivity contribution >= 4 is 15.8 Å². The second-order valence-corrected chi connectivity index (χ2v) is 8.61. The van der Waals surface area contributed by atoms with Crippen molar-refractivity contribution in [3.8, 4) is 0 Å². The van der Waals surface area contributed by atoms with Crippen LogP contribution in [-0.4, -0.2) is 45.0 Å². The van der Waals surface area contributed by atoms with Gasteiger partial charge in [0.15, 0.2) is 0 Å². The topological polar surface area (TPSA) is 71.5 Å². The van der Waals surface area contributed by atoms with Crippen LogP contribution in [0.25, 0.3) is 0 Å². The Morgan fingerprint density at radius 2 is 2.00 bits per heavy atom. The Hall–Kier alpha value is -1.18. The minimum absolute atomic E-state index is 0.296. The highest BCUT2D eigenvalue weighted by Crippen LogP contribution is 2.16. The average Bonchev–Trinajstić information content (AvgIpc) is 2.53. The highest BCUT2D eigenvalue weighted by Gasteiger charge is 2.21. The van der Waals surface area contributed by atoms with Crippen molar-refractivity contribution in [3.63, 3.8) is 0 Å². The molecule has 6 nitrogen and oxygen atoms in total. The van der Waals surface area contributed by atoms with E-state index >= 15 is 0 Å². The van der Waals surface area contributed by atoms with Gasteiger partial charge in [-0.2, -0.15) is 0 Å². The molecule has 0 unspecified atom stereocenters. The number of pyridine rings is 1. The summed E-state index contributed by atoms with van der Waals surface area (Å²) < 4.78 is 32.6. The van der Waals surface area contributed by atoms with Crippen LogP contribution in [0, 0.1) is 5.92 Å². The van der Waals surface area contributed by atoms with E-state index in [-0.39, 0.29) is 5.25 Å². The van der Waals surface area contributed by atoms with E-state index in [1.807, 2.05) is 26.0 Å². The first-order valence-electron chi connectivity index (χ1n) is 8.14. The summed E-state index contributed by atoms with van der Waals surface area (Å²) in [5.41, 5.74) is 0.918. The largest absolute Gasteiger partial charge is 0.378 e. The zero-order valence-corrected chi connectivity index (χ0v) is 15.0. The normalized spacial score (nSPS) is 17.5. The molecule has 1 aliphatic rings. The molecule has 130 valence electrons. The van der Waals surface area contributed by atoms with E-state index < -0.39 is 10.0 Å². The van der Waals surface area contributed by atoms with Gasteiger partial charge in [-0.25, -0.2) is 18.1 Å². The van der Waals surface area contributed by atoms with E-state index in [0.717, 1.165) is 24.5 Å². The van der Waals surface area contributed by atoms with Crippen molar-refractivity contribution < 1.29 is 13.2 Å². The zero-order chi connectivity index (χ0) is 16.9. The number of rotatable bonds is 7.